The highest BCUT2D eigenvalue weighted by molar-refractivity contribution is 5.99. The van der Waals surface area contributed by atoms with Gasteiger partial charge in [0.1, 0.15) is 6.10 Å². The lowest BCUT2D eigenvalue weighted by molar-refractivity contribution is 0.0155. The van der Waals surface area contributed by atoms with Crippen LogP contribution in [0.3, 0.4) is 0 Å². The van der Waals surface area contributed by atoms with E-state index in [1.54, 1.807) is 0 Å². The van der Waals surface area contributed by atoms with Crippen LogP contribution in [0, 0.1) is 5.92 Å². The predicted molar refractivity (Wildman–Crippen MR) is 114 cm³/mol. The van der Waals surface area contributed by atoms with Crippen molar-refractivity contribution < 1.29 is 9.53 Å². The van der Waals surface area contributed by atoms with Gasteiger partial charge < -0.3 is 4.74 Å². The number of hydrogen-bond acceptors (Lipinski definition) is 2. The van der Waals surface area contributed by atoms with Gasteiger partial charge in [0.05, 0.1) is 6.61 Å². The molecule has 0 aliphatic heterocycles. The van der Waals surface area contributed by atoms with Crippen LogP contribution in [0.15, 0.2) is 104 Å². The zero-order chi connectivity index (χ0) is 19.6. The van der Waals surface area contributed by atoms with Gasteiger partial charge in [0, 0.05) is 11.5 Å². The summed E-state index contributed by atoms with van der Waals surface area (Å²) in [6.07, 6.45) is 3.00. The van der Waals surface area contributed by atoms with Crippen molar-refractivity contribution in [2.24, 2.45) is 5.92 Å². The van der Waals surface area contributed by atoms with Crippen molar-refractivity contribution in [2.75, 3.05) is 0 Å². The molecule has 0 radical (unpaired) electrons. The summed E-state index contributed by atoms with van der Waals surface area (Å²) < 4.78 is 6.17. The quantitative estimate of drug-likeness (QED) is 0.328. The maximum atomic E-state index is 13.2. The van der Waals surface area contributed by atoms with E-state index >= 15 is 0 Å². The number of ketones is 1. The van der Waals surface area contributed by atoms with Crippen LogP contribution in [-0.4, -0.2) is 11.9 Å². The molecule has 0 aliphatic carbocycles. The Bertz CT molecular complexity index is 857. The van der Waals surface area contributed by atoms with Crippen molar-refractivity contribution in [2.45, 2.75) is 25.6 Å². The van der Waals surface area contributed by atoms with Crippen molar-refractivity contribution in [3.63, 3.8) is 0 Å². The van der Waals surface area contributed by atoms with Crippen LogP contribution in [0.4, 0.5) is 0 Å². The first-order valence-electron chi connectivity index (χ1n) is 9.69. The topological polar surface area (TPSA) is 26.3 Å². The van der Waals surface area contributed by atoms with Crippen molar-refractivity contribution in [1.82, 2.24) is 0 Å². The number of hydrogen-bond donors (Lipinski definition) is 0. The SMILES string of the molecule is C=C[C@H](CCc1ccccc1)[C@@H](OCc1ccccc1)C(=O)c1ccccc1. The lowest BCUT2D eigenvalue weighted by Gasteiger charge is -2.24. The number of carbonyl (C=O) groups is 1. The molecule has 3 rings (SSSR count). The van der Waals surface area contributed by atoms with Gasteiger partial charge >= 0.3 is 0 Å². The third-order valence-corrected chi connectivity index (χ3v) is 4.89. The summed E-state index contributed by atoms with van der Waals surface area (Å²) in [5.74, 6) is -0.0499. The Labute approximate surface area is 167 Å². The maximum absolute atomic E-state index is 13.2. The van der Waals surface area contributed by atoms with E-state index in [4.69, 9.17) is 4.74 Å². The van der Waals surface area contributed by atoms with Crippen LogP contribution >= 0.6 is 0 Å². The lowest BCUT2D eigenvalue weighted by atomic mass is 9.89. The van der Waals surface area contributed by atoms with Crippen molar-refractivity contribution >= 4 is 5.78 Å². The first-order chi connectivity index (χ1) is 13.8. The summed E-state index contributed by atoms with van der Waals surface area (Å²) in [6.45, 7) is 4.40. The Kier molecular flexibility index (Phi) is 7.34. The van der Waals surface area contributed by atoms with Gasteiger partial charge in [-0.1, -0.05) is 97.1 Å². The minimum Gasteiger partial charge on any atom is -0.365 e. The van der Waals surface area contributed by atoms with Gasteiger partial charge in [0.25, 0.3) is 0 Å². The predicted octanol–water partition coefficient (Wildman–Crippen LogP) is 5.89. The first-order valence-corrected chi connectivity index (χ1v) is 9.69. The van der Waals surface area contributed by atoms with Crippen LogP contribution in [-0.2, 0) is 17.8 Å². The third kappa shape index (κ3) is 5.51. The summed E-state index contributed by atoms with van der Waals surface area (Å²) in [6, 6.07) is 29.6. The molecule has 0 unspecified atom stereocenters. The second kappa shape index (κ2) is 10.4. The number of rotatable bonds is 10. The highest BCUT2D eigenvalue weighted by Crippen LogP contribution is 2.22. The maximum Gasteiger partial charge on any atom is 0.192 e. The number of Topliss-reactive ketones (excluding diaryl/α,β-unsaturated/α-hetero) is 1. The molecule has 2 nitrogen and oxygen atoms in total. The summed E-state index contributed by atoms with van der Waals surface area (Å²) in [5, 5.41) is 0. The molecule has 3 aromatic rings. The fraction of sp³-hybridized carbons (Fsp3) is 0.192. The molecule has 0 heterocycles. The van der Waals surface area contributed by atoms with Gasteiger partial charge in [0.2, 0.25) is 0 Å². The Hall–Kier alpha value is -2.97. The molecule has 3 aromatic carbocycles. The van der Waals surface area contributed by atoms with Gasteiger partial charge in [-0.2, -0.15) is 0 Å². The minimum atomic E-state index is -0.552. The van der Waals surface area contributed by atoms with Crippen LogP contribution in [0.25, 0.3) is 0 Å². The van der Waals surface area contributed by atoms with Gasteiger partial charge in [-0.15, -0.1) is 6.58 Å². The van der Waals surface area contributed by atoms with E-state index in [-0.39, 0.29) is 11.7 Å². The average molecular weight is 370 g/mol. The third-order valence-electron chi connectivity index (χ3n) is 4.89. The molecule has 0 N–H and O–H groups in total. The van der Waals surface area contributed by atoms with Crippen LogP contribution in [0.1, 0.15) is 27.9 Å². The summed E-state index contributed by atoms with van der Waals surface area (Å²) in [4.78, 5) is 13.2. The highest BCUT2D eigenvalue weighted by atomic mass is 16.5. The lowest BCUT2D eigenvalue weighted by Crippen LogP contribution is -2.32. The molecule has 0 saturated heterocycles. The first kappa shape index (κ1) is 19.8. The average Bonchev–Trinajstić information content (AvgIpc) is 2.77. The fourth-order valence-corrected chi connectivity index (χ4v) is 3.29. The Morgan fingerprint density at radius 2 is 1.36 bits per heavy atom. The molecular formula is C26H26O2. The van der Waals surface area contributed by atoms with Gasteiger partial charge in [-0.25, -0.2) is 0 Å². The number of carbonyl (C=O) groups excluding carboxylic acids is 1. The summed E-state index contributed by atoms with van der Waals surface area (Å²) in [5.41, 5.74) is 2.98. The molecule has 2 heteroatoms. The Morgan fingerprint density at radius 3 is 1.93 bits per heavy atom. The normalized spacial score (nSPS) is 12.9. The van der Waals surface area contributed by atoms with Crippen LogP contribution in [0.2, 0.25) is 0 Å². The van der Waals surface area contributed by atoms with Crippen molar-refractivity contribution in [1.29, 1.82) is 0 Å². The van der Waals surface area contributed by atoms with Crippen LogP contribution in [0.5, 0.6) is 0 Å². The minimum absolute atomic E-state index is 0.00879. The van der Waals surface area contributed by atoms with E-state index in [0.717, 1.165) is 18.4 Å². The Balaban J connectivity index is 1.76. The zero-order valence-electron chi connectivity index (χ0n) is 16.0. The van der Waals surface area contributed by atoms with Crippen molar-refractivity contribution in [3.8, 4) is 0 Å². The number of ether oxygens (including phenoxy) is 1. The number of benzene rings is 3. The summed E-state index contributed by atoms with van der Waals surface area (Å²) in [7, 11) is 0. The second-order valence-electron chi connectivity index (χ2n) is 6.87. The zero-order valence-corrected chi connectivity index (χ0v) is 16.0. The van der Waals surface area contributed by atoms with Gasteiger partial charge in [0.15, 0.2) is 5.78 Å². The van der Waals surface area contributed by atoms with E-state index in [9.17, 15) is 4.79 Å². The van der Waals surface area contributed by atoms with E-state index in [1.807, 2.05) is 84.9 Å². The molecule has 142 valence electrons. The van der Waals surface area contributed by atoms with E-state index in [0.29, 0.717) is 12.2 Å². The number of aryl methyl sites for hydroxylation is 1. The largest absolute Gasteiger partial charge is 0.365 e. The molecule has 0 aliphatic rings. The van der Waals surface area contributed by atoms with Crippen molar-refractivity contribution in [3.05, 3.63) is 120 Å². The molecule has 0 fully saturated rings. The highest BCUT2D eigenvalue weighted by Gasteiger charge is 2.28. The monoisotopic (exact) mass is 370 g/mol. The summed E-state index contributed by atoms with van der Waals surface area (Å²) >= 11 is 0. The van der Waals surface area contributed by atoms with Gasteiger partial charge in [-0.3, -0.25) is 4.79 Å². The standard InChI is InChI=1S/C26H26O2/c1-2-23(19-18-21-12-6-3-7-13-21)26(25(27)24-16-10-5-11-17-24)28-20-22-14-8-4-9-15-22/h2-17,23,26H,1,18-20H2/t23-,26-/m1/s1. The molecule has 0 bridgehead atoms. The molecule has 0 saturated carbocycles. The molecule has 0 spiro atoms. The van der Waals surface area contributed by atoms with E-state index in [2.05, 4.69) is 18.7 Å². The smallest absolute Gasteiger partial charge is 0.192 e. The van der Waals surface area contributed by atoms with Crippen LogP contribution < -0.4 is 0 Å². The molecule has 2 atom stereocenters. The Morgan fingerprint density at radius 1 is 0.821 bits per heavy atom. The molecule has 0 aromatic heterocycles. The van der Waals surface area contributed by atoms with E-state index < -0.39 is 6.10 Å². The molecule has 28 heavy (non-hydrogen) atoms. The molecular weight excluding hydrogens is 344 g/mol. The van der Waals surface area contributed by atoms with E-state index in [1.165, 1.54) is 5.56 Å². The van der Waals surface area contributed by atoms with Gasteiger partial charge in [-0.05, 0) is 24.0 Å². The second-order valence-corrected chi connectivity index (χ2v) is 6.87. The fourth-order valence-electron chi connectivity index (χ4n) is 3.29. The molecule has 0 amide bonds.